The molecular weight excluding hydrogens is 215 g/mol. The normalized spacial score (nSPS) is 20.8. The maximum absolute atomic E-state index is 13.9. The molecule has 0 saturated carbocycles. The van der Waals surface area contributed by atoms with Crippen LogP contribution in [0, 0.1) is 5.82 Å². The quantitative estimate of drug-likeness (QED) is 0.868. The van der Waals surface area contributed by atoms with Crippen LogP contribution < -0.4 is 5.32 Å². The average Bonchev–Trinajstić information content (AvgIpc) is 2.32. The molecular formula is C14H21FN2. The SMILES string of the molecule is CN(C)Cc1ccc(C2CCCCN2)cc1F. The fraction of sp³-hybridized carbons (Fsp3) is 0.571. The topological polar surface area (TPSA) is 15.3 Å². The fourth-order valence-electron chi connectivity index (χ4n) is 2.39. The molecule has 1 fully saturated rings. The first-order valence-electron chi connectivity index (χ1n) is 6.33. The molecule has 0 amide bonds. The number of piperidine rings is 1. The van der Waals surface area contributed by atoms with E-state index in [0.717, 1.165) is 24.1 Å². The van der Waals surface area contributed by atoms with Gasteiger partial charge in [0.1, 0.15) is 5.82 Å². The lowest BCUT2D eigenvalue weighted by atomic mass is 9.96. The van der Waals surface area contributed by atoms with E-state index in [4.69, 9.17) is 0 Å². The van der Waals surface area contributed by atoms with Crippen LogP contribution in [0.4, 0.5) is 4.39 Å². The van der Waals surface area contributed by atoms with Crippen LogP contribution in [0.15, 0.2) is 18.2 Å². The summed E-state index contributed by atoms with van der Waals surface area (Å²) in [6, 6.07) is 6.01. The third-order valence-corrected chi connectivity index (χ3v) is 3.28. The van der Waals surface area contributed by atoms with E-state index in [2.05, 4.69) is 11.4 Å². The minimum absolute atomic E-state index is 0.0800. The number of rotatable bonds is 3. The second kappa shape index (κ2) is 5.61. The predicted molar refractivity (Wildman–Crippen MR) is 68.4 cm³/mol. The molecule has 1 N–H and O–H groups in total. The van der Waals surface area contributed by atoms with E-state index in [1.165, 1.54) is 12.8 Å². The van der Waals surface area contributed by atoms with Crippen LogP contribution in [0.25, 0.3) is 0 Å². The van der Waals surface area contributed by atoms with Gasteiger partial charge in [0.05, 0.1) is 0 Å². The maximum Gasteiger partial charge on any atom is 0.128 e. The Morgan fingerprint density at radius 1 is 1.35 bits per heavy atom. The summed E-state index contributed by atoms with van der Waals surface area (Å²) in [7, 11) is 3.91. The smallest absolute Gasteiger partial charge is 0.128 e. The zero-order chi connectivity index (χ0) is 12.3. The molecule has 0 spiro atoms. The first-order chi connectivity index (χ1) is 8.16. The van der Waals surface area contributed by atoms with Crippen molar-refractivity contribution >= 4 is 0 Å². The van der Waals surface area contributed by atoms with Crippen molar-refractivity contribution in [3.05, 3.63) is 35.1 Å². The van der Waals surface area contributed by atoms with Gasteiger partial charge in [-0.25, -0.2) is 4.39 Å². The number of halogens is 1. The van der Waals surface area contributed by atoms with E-state index in [9.17, 15) is 4.39 Å². The minimum atomic E-state index is -0.0800. The summed E-state index contributed by atoms with van der Waals surface area (Å²) in [6.45, 7) is 1.70. The highest BCUT2D eigenvalue weighted by Crippen LogP contribution is 2.24. The molecule has 1 saturated heterocycles. The zero-order valence-corrected chi connectivity index (χ0v) is 10.7. The summed E-state index contributed by atoms with van der Waals surface area (Å²) in [5, 5.41) is 3.45. The van der Waals surface area contributed by atoms with Crippen molar-refractivity contribution in [3.8, 4) is 0 Å². The highest BCUT2D eigenvalue weighted by Gasteiger charge is 2.16. The van der Waals surface area contributed by atoms with Gasteiger partial charge in [-0.1, -0.05) is 18.6 Å². The van der Waals surface area contributed by atoms with Gasteiger partial charge in [-0.05, 0) is 45.1 Å². The zero-order valence-electron chi connectivity index (χ0n) is 10.7. The number of nitrogens with one attached hydrogen (secondary N) is 1. The number of benzene rings is 1. The number of nitrogens with zero attached hydrogens (tertiary/aromatic N) is 1. The van der Waals surface area contributed by atoms with E-state index >= 15 is 0 Å². The van der Waals surface area contributed by atoms with Crippen LogP contribution in [0.3, 0.4) is 0 Å². The first-order valence-corrected chi connectivity index (χ1v) is 6.33. The van der Waals surface area contributed by atoms with Crippen LogP contribution in [0.1, 0.15) is 36.4 Å². The largest absolute Gasteiger partial charge is 0.310 e. The van der Waals surface area contributed by atoms with E-state index in [1.807, 2.05) is 25.1 Å². The Bertz CT molecular complexity index is 370. The molecule has 0 radical (unpaired) electrons. The maximum atomic E-state index is 13.9. The van der Waals surface area contributed by atoms with Crippen molar-refractivity contribution in [1.29, 1.82) is 0 Å². The molecule has 94 valence electrons. The molecule has 1 atom stereocenters. The van der Waals surface area contributed by atoms with Gasteiger partial charge in [0.2, 0.25) is 0 Å². The molecule has 1 aromatic rings. The predicted octanol–water partition coefficient (Wildman–Crippen LogP) is 2.70. The Morgan fingerprint density at radius 3 is 2.76 bits per heavy atom. The Morgan fingerprint density at radius 2 is 2.18 bits per heavy atom. The minimum Gasteiger partial charge on any atom is -0.310 e. The van der Waals surface area contributed by atoms with Crippen LogP contribution in [0.2, 0.25) is 0 Å². The van der Waals surface area contributed by atoms with Crippen LogP contribution in [-0.2, 0) is 6.54 Å². The lowest BCUT2D eigenvalue weighted by Crippen LogP contribution is -2.26. The third-order valence-electron chi connectivity index (χ3n) is 3.28. The second-order valence-corrected chi connectivity index (χ2v) is 5.09. The summed E-state index contributed by atoms with van der Waals surface area (Å²) in [6.07, 6.45) is 3.59. The molecule has 1 aliphatic rings. The molecule has 1 aromatic carbocycles. The van der Waals surface area contributed by atoms with E-state index < -0.39 is 0 Å². The van der Waals surface area contributed by atoms with Gasteiger partial charge in [-0.3, -0.25) is 0 Å². The van der Waals surface area contributed by atoms with Gasteiger partial charge in [-0.2, -0.15) is 0 Å². The summed E-state index contributed by atoms with van der Waals surface area (Å²) < 4.78 is 13.9. The van der Waals surface area contributed by atoms with Gasteiger partial charge in [0.15, 0.2) is 0 Å². The third kappa shape index (κ3) is 3.27. The Hall–Kier alpha value is -0.930. The average molecular weight is 236 g/mol. The lowest BCUT2D eigenvalue weighted by molar-refractivity contribution is 0.390. The number of hydrogen-bond acceptors (Lipinski definition) is 2. The highest BCUT2D eigenvalue weighted by molar-refractivity contribution is 5.27. The fourth-order valence-corrected chi connectivity index (χ4v) is 2.39. The second-order valence-electron chi connectivity index (χ2n) is 5.09. The van der Waals surface area contributed by atoms with Crippen molar-refractivity contribution in [2.75, 3.05) is 20.6 Å². The Labute approximate surface area is 103 Å². The van der Waals surface area contributed by atoms with Crippen molar-refractivity contribution in [1.82, 2.24) is 10.2 Å². The lowest BCUT2D eigenvalue weighted by Gasteiger charge is -2.24. The van der Waals surface area contributed by atoms with Crippen LogP contribution in [-0.4, -0.2) is 25.5 Å². The number of hydrogen-bond donors (Lipinski definition) is 1. The Kier molecular flexibility index (Phi) is 4.13. The van der Waals surface area contributed by atoms with Gasteiger partial charge in [0, 0.05) is 18.2 Å². The molecule has 17 heavy (non-hydrogen) atoms. The van der Waals surface area contributed by atoms with Crippen molar-refractivity contribution in [2.45, 2.75) is 31.8 Å². The highest BCUT2D eigenvalue weighted by atomic mass is 19.1. The molecule has 3 heteroatoms. The van der Waals surface area contributed by atoms with Crippen LogP contribution >= 0.6 is 0 Å². The summed E-state index contributed by atoms with van der Waals surface area (Å²) in [4.78, 5) is 1.98. The molecule has 1 aliphatic heterocycles. The van der Waals surface area contributed by atoms with Gasteiger partial charge >= 0.3 is 0 Å². The summed E-state index contributed by atoms with van der Waals surface area (Å²) in [5.41, 5.74) is 1.86. The van der Waals surface area contributed by atoms with E-state index in [1.54, 1.807) is 6.07 Å². The molecule has 2 rings (SSSR count). The van der Waals surface area contributed by atoms with Gasteiger partial charge in [-0.15, -0.1) is 0 Å². The van der Waals surface area contributed by atoms with Crippen molar-refractivity contribution in [3.63, 3.8) is 0 Å². The van der Waals surface area contributed by atoms with E-state index in [-0.39, 0.29) is 5.82 Å². The molecule has 0 aromatic heterocycles. The van der Waals surface area contributed by atoms with Crippen LogP contribution in [0.5, 0.6) is 0 Å². The molecule has 0 bridgehead atoms. The monoisotopic (exact) mass is 236 g/mol. The summed E-state index contributed by atoms with van der Waals surface area (Å²) in [5.74, 6) is -0.0800. The molecule has 2 nitrogen and oxygen atoms in total. The Balaban J connectivity index is 2.12. The van der Waals surface area contributed by atoms with Gasteiger partial charge < -0.3 is 10.2 Å². The van der Waals surface area contributed by atoms with E-state index in [0.29, 0.717) is 12.6 Å². The first kappa shape index (κ1) is 12.5. The van der Waals surface area contributed by atoms with Crippen molar-refractivity contribution in [2.24, 2.45) is 0 Å². The van der Waals surface area contributed by atoms with Crippen molar-refractivity contribution < 1.29 is 4.39 Å². The molecule has 0 aliphatic carbocycles. The molecule has 1 heterocycles. The standard InChI is InChI=1S/C14H21FN2/c1-17(2)10-12-7-6-11(9-13(12)15)14-5-3-4-8-16-14/h6-7,9,14,16H,3-5,8,10H2,1-2H3. The van der Waals surface area contributed by atoms with Gasteiger partial charge in [0.25, 0.3) is 0 Å². The molecule has 1 unspecified atom stereocenters. The summed E-state index contributed by atoms with van der Waals surface area (Å²) >= 11 is 0.